The van der Waals surface area contributed by atoms with Crippen LogP contribution in [0, 0.1) is 0 Å². The molecule has 1 aromatic carbocycles. The summed E-state index contributed by atoms with van der Waals surface area (Å²) in [4.78, 5) is 29.6. The molecule has 4 aliphatic rings. The first-order valence-electron chi connectivity index (χ1n) is 17.8. The molecule has 3 heterocycles. The van der Waals surface area contributed by atoms with Gasteiger partial charge in [0.15, 0.2) is 23.2 Å². The molecule has 0 aromatic heterocycles. The van der Waals surface area contributed by atoms with E-state index < -0.39 is 41.2 Å². The molecule has 1 fully saturated rings. The minimum atomic E-state index is -2.13. The highest BCUT2D eigenvalue weighted by Gasteiger charge is 2.59. The second-order valence-corrected chi connectivity index (χ2v) is 14.5. The normalized spacial score (nSPS) is 24.4. The number of hydrogen-bond donors (Lipinski definition) is 2. The average molecular weight is 658 g/mol. The molecule has 4 unspecified atom stereocenters. The smallest absolute Gasteiger partial charge is 0.339 e. The van der Waals surface area contributed by atoms with Crippen LogP contribution in [0.15, 0.2) is 24.0 Å². The minimum Gasteiger partial charge on any atom is -0.497 e. The van der Waals surface area contributed by atoms with Crippen molar-refractivity contribution in [1.82, 2.24) is 4.90 Å². The third-order valence-electron chi connectivity index (χ3n) is 10.4. The van der Waals surface area contributed by atoms with Gasteiger partial charge in [0.05, 0.1) is 37.2 Å². The molecule has 1 saturated heterocycles. The number of unbranched alkanes of at least 4 members (excludes halogenated alkanes) is 6. The summed E-state index contributed by atoms with van der Waals surface area (Å²) >= 11 is 0. The van der Waals surface area contributed by atoms with Gasteiger partial charge in [0.25, 0.3) is 0 Å². The lowest BCUT2D eigenvalue weighted by molar-refractivity contribution is -0.179. The molecule has 0 radical (unpaired) electrons. The van der Waals surface area contributed by atoms with Crippen LogP contribution in [0.1, 0.15) is 121 Å². The summed E-state index contributed by atoms with van der Waals surface area (Å²) in [6.07, 6.45) is 11.6. The van der Waals surface area contributed by atoms with E-state index in [1.807, 2.05) is 12.1 Å². The molecule has 0 amide bonds. The second-order valence-electron chi connectivity index (χ2n) is 14.5. The molecule has 1 aromatic rings. The Labute approximate surface area is 279 Å². The van der Waals surface area contributed by atoms with Crippen molar-refractivity contribution in [3.05, 3.63) is 35.1 Å². The molecule has 2 N–H and O–H groups in total. The van der Waals surface area contributed by atoms with Crippen molar-refractivity contribution in [2.24, 2.45) is 0 Å². The third-order valence-corrected chi connectivity index (χ3v) is 10.4. The molecule has 4 atom stereocenters. The van der Waals surface area contributed by atoms with Gasteiger partial charge in [-0.2, -0.15) is 0 Å². The van der Waals surface area contributed by atoms with Crippen molar-refractivity contribution in [2.45, 2.75) is 139 Å². The van der Waals surface area contributed by atoms with Gasteiger partial charge in [-0.25, -0.2) is 4.79 Å². The fraction of sp³-hybridized carbons (Fsp3) is 0.730. The van der Waals surface area contributed by atoms with Crippen molar-refractivity contribution in [1.29, 1.82) is 0 Å². The summed E-state index contributed by atoms with van der Waals surface area (Å²) in [6.45, 7) is 7.70. The zero-order chi connectivity index (χ0) is 33.7. The third kappa shape index (κ3) is 8.08. The molecular weight excluding hydrogens is 602 g/mol. The lowest BCUT2D eigenvalue weighted by Crippen LogP contribution is -2.49. The van der Waals surface area contributed by atoms with Crippen molar-refractivity contribution >= 4 is 11.9 Å². The highest BCUT2D eigenvalue weighted by atomic mass is 16.7. The number of carbonyl (C=O) groups is 2. The molecule has 5 rings (SSSR count). The Bertz CT molecular complexity index is 1290. The molecular formula is C37H55NO9. The number of ether oxygens (including phenoxy) is 5. The molecule has 0 bridgehead atoms. The molecule has 262 valence electrons. The van der Waals surface area contributed by atoms with E-state index in [4.69, 9.17) is 23.7 Å². The van der Waals surface area contributed by atoms with E-state index in [1.54, 1.807) is 21.0 Å². The summed E-state index contributed by atoms with van der Waals surface area (Å²) < 4.78 is 29.2. The van der Waals surface area contributed by atoms with Crippen LogP contribution in [-0.2, 0) is 30.2 Å². The van der Waals surface area contributed by atoms with Gasteiger partial charge in [-0.05, 0) is 94.7 Å². The number of hydrogen-bond acceptors (Lipinski definition) is 10. The summed E-state index contributed by atoms with van der Waals surface area (Å²) in [5, 5.41) is 22.2. The number of fused-ring (bicyclic) bond motifs is 3. The Kier molecular flexibility index (Phi) is 11.4. The molecule has 0 saturated carbocycles. The van der Waals surface area contributed by atoms with E-state index in [2.05, 4.69) is 17.9 Å². The molecule has 10 nitrogen and oxygen atoms in total. The van der Waals surface area contributed by atoms with Gasteiger partial charge in [-0.1, -0.05) is 45.4 Å². The monoisotopic (exact) mass is 657 g/mol. The fourth-order valence-electron chi connectivity index (χ4n) is 7.93. The van der Waals surface area contributed by atoms with Crippen molar-refractivity contribution < 1.29 is 43.5 Å². The first-order chi connectivity index (χ1) is 22.5. The number of nitrogens with zero attached hydrogens (tertiary/aromatic N) is 1. The Morgan fingerprint density at radius 1 is 1.00 bits per heavy atom. The predicted molar refractivity (Wildman–Crippen MR) is 176 cm³/mol. The van der Waals surface area contributed by atoms with Crippen LogP contribution < -0.4 is 9.47 Å². The summed E-state index contributed by atoms with van der Waals surface area (Å²) in [6, 6.07) is 4.04. The molecule has 1 spiro atoms. The van der Waals surface area contributed by atoms with Crippen LogP contribution in [0.5, 0.6) is 11.5 Å². The molecule has 1 aliphatic carbocycles. The van der Waals surface area contributed by atoms with Gasteiger partial charge < -0.3 is 33.9 Å². The Balaban J connectivity index is 1.34. The van der Waals surface area contributed by atoms with Gasteiger partial charge in [-0.15, -0.1) is 0 Å². The first kappa shape index (κ1) is 35.5. The van der Waals surface area contributed by atoms with Gasteiger partial charge in [-0.3, -0.25) is 9.69 Å². The van der Waals surface area contributed by atoms with Crippen molar-refractivity contribution in [2.75, 3.05) is 33.6 Å². The highest BCUT2D eigenvalue weighted by Crippen LogP contribution is 2.55. The Hall–Kier alpha value is -2.82. The van der Waals surface area contributed by atoms with Crippen LogP contribution in [0.2, 0.25) is 0 Å². The van der Waals surface area contributed by atoms with E-state index in [-0.39, 0.29) is 25.7 Å². The molecule has 10 heteroatoms. The maximum absolute atomic E-state index is 14.1. The van der Waals surface area contributed by atoms with E-state index in [0.717, 1.165) is 62.7 Å². The van der Waals surface area contributed by atoms with E-state index >= 15 is 0 Å². The first-order valence-corrected chi connectivity index (χ1v) is 17.8. The number of methoxy groups -OCH3 is 1. The van der Waals surface area contributed by atoms with Crippen LogP contribution in [0.3, 0.4) is 0 Å². The van der Waals surface area contributed by atoms with Gasteiger partial charge in [0, 0.05) is 6.54 Å². The van der Waals surface area contributed by atoms with Crippen LogP contribution in [0.25, 0.3) is 0 Å². The number of esters is 2. The molecule has 47 heavy (non-hydrogen) atoms. The van der Waals surface area contributed by atoms with Crippen molar-refractivity contribution in [3.63, 3.8) is 0 Å². The number of carbonyl (C=O) groups excluding carboxylic acids is 2. The standard InChI is InChI=1S/C37H55NO9/c1-5-6-7-8-9-10-11-20-44-31(39)24-37(42,17-12-15-35(2,3)41)34(40)47-33-30(43-4)23-36-16-13-18-38(36)19-14-26-21-28-29(46-25-45-28)22-27(26)32(33)36/h21-23,32-33,41-42H,5-20,24-25H2,1-4H3. The SMILES string of the molecule is CCCCCCCCCOC(=O)CC(O)(CCCC(C)(C)O)C(=O)OC1C(OC)=CC23CCCN2CCc2cc4c(cc2C13)OCO4. The summed E-state index contributed by atoms with van der Waals surface area (Å²) in [5.41, 5.74) is -1.43. The largest absolute Gasteiger partial charge is 0.497 e. The maximum atomic E-state index is 14.1. The maximum Gasteiger partial charge on any atom is 0.339 e. The Morgan fingerprint density at radius 2 is 1.72 bits per heavy atom. The lowest BCUT2D eigenvalue weighted by atomic mass is 9.77. The quantitative estimate of drug-likeness (QED) is 0.159. The van der Waals surface area contributed by atoms with Crippen molar-refractivity contribution in [3.8, 4) is 11.5 Å². The van der Waals surface area contributed by atoms with Gasteiger partial charge >= 0.3 is 11.9 Å². The van der Waals surface area contributed by atoms with E-state index in [1.165, 1.54) is 25.7 Å². The zero-order valence-corrected chi connectivity index (χ0v) is 28.8. The average Bonchev–Trinajstić information content (AvgIpc) is 3.71. The zero-order valence-electron chi connectivity index (χ0n) is 28.8. The fourth-order valence-corrected chi connectivity index (χ4v) is 7.93. The molecule has 3 aliphatic heterocycles. The number of rotatable bonds is 17. The topological polar surface area (TPSA) is 124 Å². The minimum absolute atomic E-state index is 0.0572. The summed E-state index contributed by atoms with van der Waals surface area (Å²) in [7, 11) is 1.57. The predicted octanol–water partition coefficient (Wildman–Crippen LogP) is 5.70. The lowest BCUT2D eigenvalue weighted by Gasteiger charge is -2.39. The van der Waals surface area contributed by atoms with E-state index in [0.29, 0.717) is 30.1 Å². The number of aliphatic hydroxyl groups is 2. The van der Waals surface area contributed by atoms with Gasteiger partial charge in [0.2, 0.25) is 6.79 Å². The highest BCUT2D eigenvalue weighted by molar-refractivity contribution is 5.86. The van der Waals surface area contributed by atoms with Crippen LogP contribution >= 0.6 is 0 Å². The van der Waals surface area contributed by atoms with Gasteiger partial charge in [0.1, 0.15) is 5.76 Å². The summed E-state index contributed by atoms with van der Waals surface area (Å²) in [5.74, 6) is 0.0679. The number of benzene rings is 1. The van der Waals surface area contributed by atoms with Crippen LogP contribution in [0.4, 0.5) is 0 Å². The Morgan fingerprint density at radius 3 is 2.45 bits per heavy atom. The van der Waals surface area contributed by atoms with E-state index in [9.17, 15) is 19.8 Å². The van der Waals surface area contributed by atoms with Crippen LogP contribution in [-0.4, -0.2) is 83.5 Å². The second kappa shape index (κ2) is 15.2.